The third kappa shape index (κ3) is 18.0. The number of benzene rings is 1. The quantitative estimate of drug-likeness (QED) is 0.124. The zero-order valence-electron chi connectivity index (χ0n) is 25.5. The number of hydrogen-bond acceptors (Lipinski definition) is 4. The van der Waals surface area contributed by atoms with Gasteiger partial charge in [-0.05, 0) is 25.0 Å². The minimum absolute atomic E-state index is 0.100. The molecule has 0 aliphatic heterocycles. The SMILES string of the molecule is CCCCCCCCCCCCC(=O)NC(=O)c1ccccc1C(=O)NC(=O)CCCCCCCCCCCC. The van der Waals surface area contributed by atoms with Crippen molar-refractivity contribution in [3.8, 4) is 0 Å². The van der Waals surface area contributed by atoms with E-state index in [0.717, 1.165) is 38.5 Å². The topological polar surface area (TPSA) is 92.3 Å². The molecule has 1 aromatic carbocycles. The summed E-state index contributed by atoms with van der Waals surface area (Å²) in [6.07, 6.45) is 24.1. The minimum atomic E-state index is -0.607. The standard InChI is InChI=1S/C34H56N2O4/c1-3-5-7-9-11-13-15-17-19-21-27-31(37)35-33(39)29-25-23-24-26-30(29)34(40)36-32(38)28-22-20-18-16-14-12-10-8-6-4-2/h23-26H,3-22,27-28H2,1-2H3,(H,35,37,39)(H,36,38,40). The van der Waals surface area contributed by atoms with Crippen molar-refractivity contribution >= 4 is 23.6 Å². The summed E-state index contributed by atoms with van der Waals surface area (Å²) < 4.78 is 0. The first kappa shape index (κ1) is 35.5. The Kier molecular flexibility index (Phi) is 21.6. The van der Waals surface area contributed by atoms with Gasteiger partial charge in [0.05, 0.1) is 11.1 Å². The average Bonchev–Trinajstić information content (AvgIpc) is 2.95. The summed E-state index contributed by atoms with van der Waals surface area (Å²) in [7, 11) is 0. The highest BCUT2D eigenvalue weighted by molar-refractivity contribution is 6.14. The Morgan fingerprint density at radius 2 is 0.725 bits per heavy atom. The highest BCUT2D eigenvalue weighted by Gasteiger charge is 2.19. The summed E-state index contributed by atoms with van der Waals surface area (Å²) >= 11 is 0. The Hall–Kier alpha value is -2.50. The number of imide groups is 2. The molecule has 0 saturated heterocycles. The van der Waals surface area contributed by atoms with Gasteiger partial charge in [0.15, 0.2) is 0 Å². The molecule has 40 heavy (non-hydrogen) atoms. The molecule has 0 atom stereocenters. The van der Waals surface area contributed by atoms with Gasteiger partial charge in [-0.1, -0.05) is 142 Å². The van der Waals surface area contributed by atoms with Crippen molar-refractivity contribution in [3.05, 3.63) is 35.4 Å². The number of nitrogens with one attached hydrogen (secondary N) is 2. The van der Waals surface area contributed by atoms with Crippen LogP contribution in [0.1, 0.15) is 176 Å². The van der Waals surface area contributed by atoms with Crippen molar-refractivity contribution in [2.24, 2.45) is 0 Å². The average molecular weight is 557 g/mol. The second kappa shape index (κ2) is 24.3. The van der Waals surface area contributed by atoms with E-state index in [0.29, 0.717) is 0 Å². The van der Waals surface area contributed by atoms with E-state index in [1.165, 1.54) is 102 Å². The van der Waals surface area contributed by atoms with Crippen LogP contribution in [-0.2, 0) is 9.59 Å². The van der Waals surface area contributed by atoms with Crippen molar-refractivity contribution < 1.29 is 19.2 Å². The summed E-state index contributed by atoms with van der Waals surface area (Å²) in [5.74, 6) is -1.89. The summed E-state index contributed by atoms with van der Waals surface area (Å²) in [5.41, 5.74) is 0.200. The number of amides is 4. The zero-order valence-corrected chi connectivity index (χ0v) is 25.5. The predicted molar refractivity (Wildman–Crippen MR) is 164 cm³/mol. The van der Waals surface area contributed by atoms with E-state index in [1.54, 1.807) is 12.1 Å². The van der Waals surface area contributed by atoms with E-state index in [-0.39, 0.29) is 35.8 Å². The van der Waals surface area contributed by atoms with E-state index in [4.69, 9.17) is 0 Å². The summed E-state index contributed by atoms with van der Waals surface area (Å²) in [6.45, 7) is 4.45. The molecule has 6 nitrogen and oxygen atoms in total. The first-order valence-electron chi connectivity index (χ1n) is 16.3. The fraction of sp³-hybridized carbons (Fsp3) is 0.706. The molecule has 0 radical (unpaired) electrons. The maximum absolute atomic E-state index is 12.7. The monoisotopic (exact) mass is 556 g/mol. The van der Waals surface area contributed by atoms with E-state index in [9.17, 15) is 19.2 Å². The van der Waals surface area contributed by atoms with Gasteiger partial charge in [-0.3, -0.25) is 29.8 Å². The molecule has 0 aliphatic carbocycles. The molecular weight excluding hydrogens is 500 g/mol. The Morgan fingerprint density at radius 1 is 0.450 bits per heavy atom. The van der Waals surface area contributed by atoms with Crippen molar-refractivity contribution in [2.45, 2.75) is 155 Å². The normalized spacial score (nSPS) is 10.8. The lowest BCUT2D eigenvalue weighted by molar-refractivity contribution is -0.121. The Morgan fingerprint density at radius 3 is 1.02 bits per heavy atom. The van der Waals surface area contributed by atoms with Crippen molar-refractivity contribution in [3.63, 3.8) is 0 Å². The van der Waals surface area contributed by atoms with Gasteiger partial charge >= 0.3 is 0 Å². The van der Waals surface area contributed by atoms with E-state index in [2.05, 4.69) is 24.5 Å². The number of carbonyl (C=O) groups excluding carboxylic acids is 4. The van der Waals surface area contributed by atoms with Gasteiger partial charge in [0.2, 0.25) is 11.8 Å². The molecule has 0 bridgehead atoms. The molecule has 0 heterocycles. The van der Waals surface area contributed by atoms with Gasteiger partial charge in [-0.25, -0.2) is 0 Å². The van der Waals surface area contributed by atoms with E-state index in [1.807, 2.05) is 0 Å². The molecule has 0 unspecified atom stereocenters. The molecule has 0 spiro atoms. The molecule has 4 amide bonds. The zero-order chi connectivity index (χ0) is 29.3. The Balaban J connectivity index is 2.28. The van der Waals surface area contributed by atoms with Crippen LogP contribution in [0.4, 0.5) is 0 Å². The first-order chi connectivity index (χ1) is 19.5. The number of rotatable bonds is 24. The highest BCUT2D eigenvalue weighted by atomic mass is 16.2. The van der Waals surface area contributed by atoms with Crippen LogP contribution in [0.3, 0.4) is 0 Å². The summed E-state index contributed by atoms with van der Waals surface area (Å²) in [4.78, 5) is 50.1. The van der Waals surface area contributed by atoms with Crippen LogP contribution in [0.5, 0.6) is 0 Å². The second-order valence-electron chi connectivity index (χ2n) is 11.2. The maximum Gasteiger partial charge on any atom is 0.258 e. The Bertz CT molecular complexity index is 783. The number of carbonyl (C=O) groups is 4. The molecule has 0 saturated carbocycles. The van der Waals surface area contributed by atoms with Crippen molar-refractivity contribution in [2.75, 3.05) is 0 Å². The van der Waals surface area contributed by atoms with Crippen molar-refractivity contribution in [1.82, 2.24) is 10.6 Å². The van der Waals surface area contributed by atoms with Gasteiger partial charge in [-0.2, -0.15) is 0 Å². The lowest BCUT2D eigenvalue weighted by Gasteiger charge is -2.10. The van der Waals surface area contributed by atoms with Crippen LogP contribution in [0.2, 0.25) is 0 Å². The lowest BCUT2D eigenvalue weighted by Crippen LogP contribution is -2.35. The second-order valence-corrected chi connectivity index (χ2v) is 11.2. The molecule has 6 heteroatoms. The maximum atomic E-state index is 12.7. The highest BCUT2D eigenvalue weighted by Crippen LogP contribution is 2.14. The number of hydrogen-bond donors (Lipinski definition) is 2. The smallest absolute Gasteiger partial charge is 0.258 e. The van der Waals surface area contributed by atoms with Gasteiger partial charge in [0, 0.05) is 12.8 Å². The van der Waals surface area contributed by atoms with Crippen molar-refractivity contribution in [1.29, 1.82) is 0 Å². The molecule has 0 fully saturated rings. The Labute approximate surface area is 243 Å². The molecule has 0 aliphatic rings. The van der Waals surface area contributed by atoms with E-state index >= 15 is 0 Å². The summed E-state index contributed by atoms with van der Waals surface area (Å²) in [5, 5.41) is 4.81. The first-order valence-corrected chi connectivity index (χ1v) is 16.3. The predicted octanol–water partition coefficient (Wildman–Crippen LogP) is 8.82. The van der Waals surface area contributed by atoms with Gasteiger partial charge in [0.1, 0.15) is 0 Å². The molecular formula is C34H56N2O4. The van der Waals surface area contributed by atoms with Crippen LogP contribution in [0.25, 0.3) is 0 Å². The third-order valence-electron chi connectivity index (χ3n) is 7.44. The lowest BCUT2D eigenvalue weighted by atomic mass is 10.0. The van der Waals surface area contributed by atoms with Crippen LogP contribution in [0.15, 0.2) is 24.3 Å². The fourth-order valence-corrected chi connectivity index (χ4v) is 4.94. The van der Waals surface area contributed by atoms with Gasteiger partial charge < -0.3 is 0 Å². The molecule has 2 N–H and O–H groups in total. The third-order valence-corrected chi connectivity index (χ3v) is 7.44. The fourth-order valence-electron chi connectivity index (χ4n) is 4.94. The molecule has 1 aromatic rings. The minimum Gasteiger partial charge on any atom is -0.292 e. The van der Waals surface area contributed by atoms with E-state index < -0.39 is 11.8 Å². The van der Waals surface area contributed by atoms with Crippen LogP contribution < -0.4 is 10.6 Å². The molecule has 226 valence electrons. The van der Waals surface area contributed by atoms with Crippen LogP contribution in [0, 0.1) is 0 Å². The number of unbranched alkanes of at least 4 members (excludes halogenated alkanes) is 18. The van der Waals surface area contributed by atoms with Gasteiger partial charge in [-0.15, -0.1) is 0 Å². The molecule has 1 rings (SSSR count). The largest absolute Gasteiger partial charge is 0.292 e. The molecule has 0 aromatic heterocycles. The van der Waals surface area contributed by atoms with Crippen LogP contribution in [-0.4, -0.2) is 23.6 Å². The van der Waals surface area contributed by atoms with Gasteiger partial charge in [0.25, 0.3) is 11.8 Å². The summed E-state index contributed by atoms with van der Waals surface area (Å²) in [6, 6.07) is 6.30. The van der Waals surface area contributed by atoms with Crippen LogP contribution >= 0.6 is 0 Å².